The maximum Gasteiger partial charge on any atom is 0.226 e. The van der Waals surface area contributed by atoms with Crippen molar-refractivity contribution >= 4 is 11.9 Å². The second-order valence-electron chi connectivity index (χ2n) is 10.3. The topological polar surface area (TPSA) is 70.6 Å². The number of hydrogen-bond donors (Lipinski definition) is 1. The van der Waals surface area contributed by atoms with E-state index in [2.05, 4.69) is 65.3 Å². The van der Waals surface area contributed by atoms with E-state index in [4.69, 9.17) is 9.72 Å². The number of nitrogens with zero attached hydrogens (tertiary/aromatic N) is 4. The average Bonchev–Trinajstić information content (AvgIpc) is 2.87. The first-order valence-corrected chi connectivity index (χ1v) is 12.8. The van der Waals surface area contributed by atoms with E-state index in [1.807, 2.05) is 12.3 Å². The molecule has 1 aromatic carbocycles. The number of benzene rings is 1. The number of ether oxygens (including phenoxy) is 1. The first kappa shape index (κ1) is 23.2. The SMILES string of the molecule is C[C@@H]1CN(C(=O)[C@H]2CCN(C)C[C@@H]2c2ccccc2)[C@@H](C)c2nc(NC3CCOCC3)ncc21. The molecule has 0 saturated carbocycles. The van der Waals surface area contributed by atoms with Crippen molar-refractivity contribution in [1.82, 2.24) is 19.8 Å². The van der Waals surface area contributed by atoms with Crippen LogP contribution < -0.4 is 5.32 Å². The van der Waals surface area contributed by atoms with E-state index in [0.29, 0.717) is 12.0 Å². The highest BCUT2D eigenvalue weighted by Gasteiger charge is 2.41. The Bertz CT molecular complexity index is 994. The van der Waals surface area contributed by atoms with Crippen molar-refractivity contribution in [2.24, 2.45) is 5.92 Å². The molecular weight excluding hydrogens is 426 g/mol. The van der Waals surface area contributed by atoms with Gasteiger partial charge in [0.1, 0.15) is 0 Å². The third-order valence-corrected chi connectivity index (χ3v) is 7.91. The lowest BCUT2D eigenvalue weighted by Crippen LogP contribution is -2.49. The molecule has 2 aromatic rings. The van der Waals surface area contributed by atoms with E-state index in [1.54, 1.807) is 0 Å². The standard InChI is InChI=1S/C27H37N5O2/c1-18-16-32(26(33)22-9-12-31(3)17-24(22)20-7-5-4-6-8-20)19(2)25-23(18)15-28-27(30-25)29-21-10-13-34-14-11-21/h4-8,15,18-19,21-22,24H,9-14,16-17H2,1-3H3,(H,28,29,30)/t18-,19+,22+,24-/m1/s1. The summed E-state index contributed by atoms with van der Waals surface area (Å²) in [4.78, 5) is 28.0. The van der Waals surface area contributed by atoms with Crippen molar-refractivity contribution in [3.63, 3.8) is 0 Å². The highest BCUT2D eigenvalue weighted by atomic mass is 16.5. The summed E-state index contributed by atoms with van der Waals surface area (Å²) in [5.74, 6) is 1.36. The van der Waals surface area contributed by atoms with Gasteiger partial charge in [-0.3, -0.25) is 4.79 Å². The lowest BCUT2D eigenvalue weighted by atomic mass is 9.79. The summed E-state index contributed by atoms with van der Waals surface area (Å²) < 4.78 is 5.48. The van der Waals surface area contributed by atoms with Gasteiger partial charge in [-0.15, -0.1) is 0 Å². The zero-order valence-electron chi connectivity index (χ0n) is 20.6. The minimum Gasteiger partial charge on any atom is -0.381 e. The molecule has 0 bridgehead atoms. The summed E-state index contributed by atoms with van der Waals surface area (Å²) in [6.45, 7) is 8.45. The van der Waals surface area contributed by atoms with Crippen molar-refractivity contribution in [1.29, 1.82) is 0 Å². The molecule has 2 saturated heterocycles. The number of hydrogen-bond acceptors (Lipinski definition) is 6. The highest BCUT2D eigenvalue weighted by molar-refractivity contribution is 5.81. The van der Waals surface area contributed by atoms with Crippen molar-refractivity contribution in [3.8, 4) is 0 Å². The fraction of sp³-hybridized carbons (Fsp3) is 0.593. The number of anilines is 1. The van der Waals surface area contributed by atoms with Gasteiger partial charge < -0.3 is 19.9 Å². The molecule has 1 aromatic heterocycles. The summed E-state index contributed by atoms with van der Waals surface area (Å²) in [7, 11) is 2.16. The number of rotatable bonds is 4. The first-order valence-electron chi connectivity index (χ1n) is 12.8. The summed E-state index contributed by atoms with van der Waals surface area (Å²) >= 11 is 0. The molecule has 0 unspecified atom stereocenters. The first-order chi connectivity index (χ1) is 16.5. The van der Waals surface area contributed by atoms with Crippen LogP contribution in [0.15, 0.2) is 36.5 Å². The third-order valence-electron chi connectivity index (χ3n) is 7.91. The second-order valence-corrected chi connectivity index (χ2v) is 10.3. The molecule has 7 heteroatoms. The van der Waals surface area contributed by atoms with Crippen molar-refractivity contribution in [3.05, 3.63) is 53.3 Å². The van der Waals surface area contributed by atoms with Gasteiger partial charge in [0.2, 0.25) is 11.9 Å². The second kappa shape index (κ2) is 10.0. The van der Waals surface area contributed by atoms with E-state index >= 15 is 0 Å². The Morgan fingerprint density at radius 1 is 1.09 bits per heavy atom. The summed E-state index contributed by atoms with van der Waals surface area (Å²) in [6, 6.07) is 10.8. The maximum atomic E-state index is 14.0. The monoisotopic (exact) mass is 463 g/mol. The molecule has 5 rings (SSSR count). The quantitative estimate of drug-likeness (QED) is 0.744. The molecule has 2 fully saturated rings. The number of aromatic nitrogens is 2. The molecule has 4 heterocycles. The number of carbonyl (C=O) groups excluding carboxylic acids is 1. The molecular formula is C27H37N5O2. The van der Waals surface area contributed by atoms with Crippen molar-refractivity contribution in [2.75, 3.05) is 45.2 Å². The van der Waals surface area contributed by atoms with E-state index in [-0.39, 0.29) is 29.7 Å². The molecule has 0 aliphatic carbocycles. The van der Waals surface area contributed by atoms with Crippen LogP contribution in [0, 0.1) is 5.92 Å². The highest BCUT2D eigenvalue weighted by Crippen LogP contribution is 2.39. The predicted octanol–water partition coefficient (Wildman–Crippen LogP) is 3.81. The molecule has 1 N–H and O–H groups in total. The van der Waals surface area contributed by atoms with Gasteiger partial charge in [0.05, 0.1) is 11.7 Å². The Kier molecular flexibility index (Phi) is 6.84. The smallest absolute Gasteiger partial charge is 0.226 e. The van der Waals surface area contributed by atoms with E-state index in [0.717, 1.165) is 63.4 Å². The number of amides is 1. The van der Waals surface area contributed by atoms with E-state index < -0.39 is 0 Å². The molecule has 0 radical (unpaired) electrons. The zero-order valence-corrected chi connectivity index (χ0v) is 20.6. The molecule has 182 valence electrons. The zero-order chi connectivity index (χ0) is 23.7. The van der Waals surface area contributed by atoms with E-state index in [1.165, 1.54) is 5.56 Å². The van der Waals surface area contributed by atoms with Crippen molar-refractivity contribution in [2.45, 2.75) is 57.0 Å². The number of fused-ring (bicyclic) bond motifs is 1. The normalized spacial score (nSPS) is 28.4. The van der Waals surface area contributed by atoms with Gasteiger partial charge in [0.15, 0.2) is 0 Å². The summed E-state index contributed by atoms with van der Waals surface area (Å²) in [5.41, 5.74) is 3.41. The van der Waals surface area contributed by atoms with Gasteiger partial charge in [0, 0.05) is 56.3 Å². The Labute approximate surface area is 202 Å². The van der Waals surface area contributed by atoms with Gasteiger partial charge in [-0.2, -0.15) is 0 Å². The lowest BCUT2D eigenvalue weighted by molar-refractivity contribution is -0.141. The largest absolute Gasteiger partial charge is 0.381 e. The predicted molar refractivity (Wildman–Crippen MR) is 133 cm³/mol. The fourth-order valence-electron chi connectivity index (χ4n) is 5.85. The van der Waals surface area contributed by atoms with Gasteiger partial charge in [-0.1, -0.05) is 37.3 Å². The number of carbonyl (C=O) groups is 1. The number of piperidine rings is 1. The Hall–Kier alpha value is -2.51. The van der Waals surface area contributed by atoms with Crippen LogP contribution in [-0.4, -0.2) is 71.6 Å². The third kappa shape index (κ3) is 4.68. The van der Waals surface area contributed by atoms with Gasteiger partial charge in [-0.25, -0.2) is 9.97 Å². The fourth-order valence-corrected chi connectivity index (χ4v) is 5.85. The van der Waals surface area contributed by atoms with Crippen LogP contribution in [0.25, 0.3) is 0 Å². The van der Waals surface area contributed by atoms with Crippen LogP contribution in [-0.2, 0) is 9.53 Å². The average molecular weight is 464 g/mol. The summed E-state index contributed by atoms with van der Waals surface area (Å²) in [6.07, 6.45) is 4.79. The van der Waals surface area contributed by atoms with Gasteiger partial charge in [-0.05, 0) is 50.9 Å². The molecule has 4 atom stereocenters. The minimum atomic E-state index is -0.0620. The van der Waals surface area contributed by atoms with Crippen LogP contribution in [0.1, 0.15) is 67.8 Å². The number of likely N-dealkylation sites (N-methyl/N-ethyl adjacent to an activating group) is 1. The molecule has 0 spiro atoms. The molecule has 3 aliphatic rings. The molecule has 1 amide bonds. The van der Waals surface area contributed by atoms with Crippen LogP contribution in [0.4, 0.5) is 5.95 Å². The van der Waals surface area contributed by atoms with Crippen LogP contribution in [0.2, 0.25) is 0 Å². The Balaban J connectivity index is 1.38. The summed E-state index contributed by atoms with van der Waals surface area (Å²) in [5, 5.41) is 3.50. The molecule has 34 heavy (non-hydrogen) atoms. The van der Waals surface area contributed by atoms with Crippen molar-refractivity contribution < 1.29 is 9.53 Å². The van der Waals surface area contributed by atoms with Crippen LogP contribution >= 0.6 is 0 Å². The van der Waals surface area contributed by atoms with Gasteiger partial charge >= 0.3 is 0 Å². The number of nitrogens with one attached hydrogen (secondary N) is 1. The maximum absolute atomic E-state index is 14.0. The lowest BCUT2D eigenvalue weighted by Gasteiger charge is -2.43. The Morgan fingerprint density at radius 3 is 2.62 bits per heavy atom. The molecule has 3 aliphatic heterocycles. The molecule has 7 nitrogen and oxygen atoms in total. The van der Waals surface area contributed by atoms with Crippen LogP contribution in [0.5, 0.6) is 0 Å². The van der Waals surface area contributed by atoms with Crippen LogP contribution in [0.3, 0.4) is 0 Å². The van der Waals surface area contributed by atoms with Gasteiger partial charge in [0.25, 0.3) is 0 Å². The minimum absolute atomic E-state index is 0.00327. The van der Waals surface area contributed by atoms with E-state index in [9.17, 15) is 4.79 Å². The number of likely N-dealkylation sites (tertiary alicyclic amines) is 1. The Morgan fingerprint density at radius 2 is 1.85 bits per heavy atom.